The number of hydrogen-bond donors (Lipinski definition) is 1. The molecule has 1 N–H and O–H groups in total. The summed E-state index contributed by atoms with van der Waals surface area (Å²) in [7, 11) is -3.84. The molecular weight excluding hydrogens is 518 g/mol. The Bertz CT molecular complexity index is 1250. The molecule has 0 saturated heterocycles. The van der Waals surface area contributed by atoms with Crippen molar-refractivity contribution < 1.29 is 27.5 Å². The number of anilines is 1. The normalized spacial score (nSPS) is 15.9. The van der Waals surface area contributed by atoms with Crippen LogP contribution in [0, 0.1) is 0 Å². The zero-order chi connectivity index (χ0) is 26.6. The molecule has 11 heteroatoms. The van der Waals surface area contributed by atoms with E-state index in [1.54, 1.807) is 43.3 Å². The van der Waals surface area contributed by atoms with Crippen molar-refractivity contribution in [1.82, 2.24) is 10.2 Å². The second-order valence-corrected chi connectivity index (χ2v) is 11.8. The molecule has 2 aromatic rings. The highest BCUT2D eigenvalue weighted by atomic mass is 35.5. The van der Waals surface area contributed by atoms with Crippen molar-refractivity contribution in [3.05, 3.63) is 53.1 Å². The molecule has 0 aromatic heterocycles. The summed E-state index contributed by atoms with van der Waals surface area (Å²) in [4.78, 5) is 28.3. The molecule has 0 radical (unpaired) electrons. The fourth-order valence-corrected chi connectivity index (χ4v) is 5.79. The smallest absolute Gasteiger partial charge is 0.244 e. The lowest BCUT2D eigenvalue weighted by atomic mass is 10.1. The summed E-state index contributed by atoms with van der Waals surface area (Å²) < 4.78 is 38.0. The number of nitrogens with one attached hydrogen (secondary N) is 1. The molecule has 2 aliphatic rings. The number of fused-ring (bicyclic) bond motifs is 1. The molecule has 1 atom stereocenters. The first-order chi connectivity index (χ1) is 17.7. The van der Waals surface area contributed by atoms with Crippen LogP contribution in [0.15, 0.2) is 42.5 Å². The first-order valence-electron chi connectivity index (χ1n) is 12.4. The lowest BCUT2D eigenvalue weighted by Crippen LogP contribution is -2.52. The maximum Gasteiger partial charge on any atom is 0.244 e. The number of ether oxygens (including phenoxy) is 2. The van der Waals surface area contributed by atoms with Gasteiger partial charge in [-0.2, -0.15) is 0 Å². The Balaban J connectivity index is 1.62. The molecule has 37 heavy (non-hydrogen) atoms. The molecule has 1 fully saturated rings. The average molecular weight is 550 g/mol. The molecule has 0 spiro atoms. The molecule has 0 bridgehead atoms. The van der Waals surface area contributed by atoms with Crippen molar-refractivity contribution in [2.45, 2.75) is 58.2 Å². The number of amides is 2. The van der Waals surface area contributed by atoms with Gasteiger partial charge < -0.3 is 19.7 Å². The van der Waals surface area contributed by atoms with Crippen LogP contribution in [-0.4, -0.2) is 56.3 Å². The van der Waals surface area contributed by atoms with Gasteiger partial charge in [-0.1, -0.05) is 42.6 Å². The molecule has 200 valence electrons. The van der Waals surface area contributed by atoms with Crippen LogP contribution in [0.3, 0.4) is 0 Å². The van der Waals surface area contributed by atoms with Gasteiger partial charge in [-0.3, -0.25) is 13.9 Å². The molecule has 2 aromatic carbocycles. The molecule has 1 heterocycles. The molecule has 4 rings (SSSR count). The van der Waals surface area contributed by atoms with Gasteiger partial charge in [0.25, 0.3) is 0 Å². The summed E-state index contributed by atoms with van der Waals surface area (Å²) in [6.07, 6.45) is 3.93. The van der Waals surface area contributed by atoms with Crippen molar-refractivity contribution in [3.63, 3.8) is 0 Å². The fraction of sp³-hybridized carbons (Fsp3) is 0.462. The van der Waals surface area contributed by atoms with Crippen LogP contribution in [0.2, 0.25) is 5.02 Å². The first-order valence-corrected chi connectivity index (χ1v) is 14.4. The standard InChI is InChI=1S/C26H32ClN3O6S/c1-3-37(33,34)30(21-12-13-23-24(14-21)36-17-35-23)16-25(31)29(15-19-8-4-7-11-22(19)27)18(2)26(32)28-20-9-5-6-10-20/h4,7-8,11-14,18,20H,3,5-6,9-10,15-17H2,1-2H3,(H,28,32)/t18-/m1/s1. The maximum absolute atomic E-state index is 13.8. The van der Waals surface area contributed by atoms with E-state index >= 15 is 0 Å². The van der Waals surface area contributed by atoms with E-state index in [1.165, 1.54) is 17.9 Å². The van der Waals surface area contributed by atoms with E-state index in [0.717, 1.165) is 30.0 Å². The highest BCUT2D eigenvalue weighted by Crippen LogP contribution is 2.36. The number of halogens is 1. The van der Waals surface area contributed by atoms with Crippen molar-refractivity contribution >= 4 is 39.1 Å². The third-order valence-corrected chi connectivity index (χ3v) is 8.90. The van der Waals surface area contributed by atoms with Crippen LogP contribution >= 0.6 is 11.6 Å². The summed E-state index contributed by atoms with van der Waals surface area (Å²) in [5.74, 6) is -0.110. The molecule has 1 saturated carbocycles. The Morgan fingerprint density at radius 3 is 2.51 bits per heavy atom. The van der Waals surface area contributed by atoms with Gasteiger partial charge in [-0.25, -0.2) is 8.42 Å². The zero-order valence-electron chi connectivity index (χ0n) is 21.0. The van der Waals surface area contributed by atoms with Crippen molar-refractivity contribution in [2.75, 3.05) is 23.4 Å². The number of rotatable bonds is 10. The third-order valence-electron chi connectivity index (χ3n) is 6.79. The van der Waals surface area contributed by atoms with Gasteiger partial charge in [0.2, 0.25) is 28.6 Å². The van der Waals surface area contributed by atoms with Gasteiger partial charge >= 0.3 is 0 Å². The second kappa shape index (κ2) is 11.6. The van der Waals surface area contributed by atoms with Crippen molar-refractivity contribution in [2.24, 2.45) is 0 Å². The summed E-state index contributed by atoms with van der Waals surface area (Å²) in [5.41, 5.74) is 0.936. The minimum atomic E-state index is -3.84. The minimum Gasteiger partial charge on any atom is -0.454 e. The van der Waals surface area contributed by atoms with Crippen molar-refractivity contribution in [3.8, 4) is 11.5 Å². The molecular formula is C26H32ClN3O6S. The minimum absolute atomic E-state index is 0.0392. The van der Waals surface area contributed by atoms with Gasteiger partial charge in [-0.15, -0.1) is 0 Å². The number of hydrogen-bond acceptors (Lipinski definition) is 6. The number of carbonyl (C=O) groups excluding carboxylic acids is 2. The van der Waals surface area contributed by atoms with Crippen LogP contribution in [0.4, 0.5) is 5.69 Å². The number of benzene rings is 2. The van der Waals surface area contributed by atoms with Gasteiger partial charge in [-0.05, 0) is 50.5 Å². The Hall–Kier alpha value is -2.98. The Labute approximate surface area is 222 Å². The predicted molar refractivity (Wildman–Crippen MR) is 141 cm³/mol. The average Bonchev–Trinajstić information content (AvgIpc) is 3.57. The quantitative estimate of drug-likeness (QED) is 0.484. The summed E-state index contributed by atoms with van der Waals surface area (Å²) >= 11 is 6.37. The number of carbonyl (C=O) groups is 2. The van der Waals surface area contributed by atoms with Crippen LogP contribution in [-0.2, 0) is 26.2 Å². The maximum atomic E-state index is 13.8. The van der Waals surface area contributed by atoms with E-state index in [0.29, 0.717) is 22.1 Å². The van der Waals surface area contributed by atoms with E-state index in [4.69, 9.17) is 21.1 Å². The molecule has 9 nitrogen and oxygen atoms in total. The van der Waals surface area contributed by atoms with Gasteiger partial charge in [0.1, 0.15) is 12.6 Å². The van der Waals surface area contributed by atoms with Gasteiger partial charge in [0.15, 0.2) is 11.5 Å². The predicted octanol–water partition coefficient (Wildman–Crippen LogP) is 3.70. The number of sulfonamides is 1. The first kappa shape index (κ1) is 27.1. The van der Waals surface area contributed by atoms with E-state index in [2.05, 4.69) is 5.32 Å². The van der Waals surface area contributed by atoms with E-state index < -0.39 is 28.5 Å². The number of nitrogens with zero attached hydrogens (tertiary/aromatic N) is 2. The zero-order valence-corrected chi connectivity index (χ0v) is 22.6. The van der Waals surface area contributed by atoms with Crippen molar-refractivity contribution in [1.29, 1.82) is 0 Å². The molecule has 1 aliphatic carbocycles. The Morgan fingerprint density at radius 1 is 1.11 bits per heavy atom. The third kappa shape index (κ3) is 6.30. The highest BCUT2D eigenvalue weighted by molar-refractivity contribution is 7.92. The SMILES string of the molecule is CCS(=O)(=O)N(CC(=O)N(Cc1ccccc1Cl)[C@H](C)C(=O)NC1CCCC1)c1ccc2c(c1)OCO2. The monoisotopic (exact) mass is 549 g/mol. The molecule has 0 unspecified atom stereocenters. The summed E-state index contributed by atoms with van der Waals surface area (Å²) in [6.45, 7) is 2.77. The highest BCUT2D eigenvalue weighted by Gasteiger charge is 2.33. The Kier molecular flexibility index (Phi) is 8.49. The lowest BCUT2D eigenvalue weighted by molar-refractivity contribution is -0.139. The van der Waals surface area contributed by atoms with Crippen LogP contribution in [0.1, 0.15) is 45.1 Å². The summed E-state index contributed by atoms with van der Waals surface area (Å²) in [6, 6.07) is 11.0. The van der Waals surface area contributed by atoms with Gasteiger partial charge in [0, 0.05) is 23.7 Å². The van der Waals surface area contributed by atoms with Crippen LogP contribution in [0.5, 0.6) is 11.5 Å². The Morgan fingerprint density at radius 2 is 1.81 bits per heavy atom. The van der Waals surface area contributed by atoms with Crippen LogP contribution < -0.4 is 19.1 Å². The lowest BCUT2D eigenvalue weighted by Gasteiger charge is -2.32. The second-order valence-electron chi connectivity index (χ2n) is 9.22. The van der Waals surface area contributed by atoms with Crippen LogP contribution in [0.25, 0.3) is 0 Å². The molecule has 1 aliphatic heterocycles. The van der Waals surface area contributed by atoms with E-state index in [9.17, 15) is 18.0 Å². The summed E-state index contributed by atoms with van der Waals surface area (Å²) in [5, 5.41) is 3.50. The topological polar surface area (TPSA) is 105 Å². The fourth-order valence-electron chi connectivity index (χ4n) is 4.54. The van der Waals surface area contributed by atoms with E-state index in [1.807, 2.05) is 0 Å². The van der Waals surface area contributed by atoms with Gasteiger partial charge in [0.05, 0.1) is 11.4 Å². The largest absolute Gasteiger partial charge is 0.454 e. The molecule has 2 amide bonds. The van der Waals surface area contributed by atoms with E-state index in [-0.39, 0.29) is 36.7 Å².